The van der Waals surface area contributed by atoms with E-state index in [-0.39, 0.29) is 29.4 Å². The molecule has 0 bridgehead atoms. The molecular weight excluding hydrogens is 402 g/mol. The van der Waals surface area contributed by atoms with Gasteiger partial charge in [-0.05, 0) is 111 Å². The maximum absolute atomic E-state index is 12.6. The monoisotopic (exact) mass is 454 g/mol. The molecule has 2 rings (SSSR count). The normalized spacial score (nSPS) is 29.5. The lowest BCUT2D eigenvalue weighted by Crippen LogP contribution is -2.60. The zero-order valence-corrected chi connectivity index (χ0v) is 22.3. The van der Waals surface area contributed by atoms with Crippen LogP contribution in [0.2, 0.25) is 0 Å². The average Bonchev–Trinajstić information content (AvgIpc) is 2.74. The summed E-state index contributed by atoms with van der Waals surface area (Å²) in [4.78, 5) is 0. The van der Waals surface area contributed by atoms with Gasteiger partial charge in [0.15, 0.2) is 0 Å². The van der Waals surface area contributed by atoms with Crippen LogP contribution in [-0.4, -0.2) is 53.8 Å². The third kappa shape index (κ3) is 8.54. The highest BCUT2D eigenvalue weighted by Crippen LogP contribution is 2.39. The number of nitrogens with zero attached hydrogens (tertiary/aromatic N) is 1. The molecule has 2 fully saturated rings. The second-order valence-corrected chi connectivity index (χ2v) is 11.9. The number of hydrogen-bond acceptors (Lipinski definition) is 4. The van der Waals surface area contributed by atoms with Crippen LogP contribution in [0.3, 0.4) is 0 Å². The van der Waals surface area contributed by atoms with E-state index in [1.807, 2.05) is 27.7 Å². The van der Waals surface area contributed by atoms with Crippen molar-refractivity contribution in [2.75, 3.05) is 13.2 Å². The van der Waals surface area contributed by atoms with Gasteiger partial charge in [0.05, 0.1) is 24.4 Å². The molecule has 0 spiro atoms. The Kier molecular flexibility index (Phi) is 10.9. The molecule has 0 aromatic heterocycles. The predicted octanol–water partition coefficient (Wildman–Crippen LogP) is 6.57. The first-order valence-corrected chi connectivity index (χ1v) is 13.3. The third-order valence-corrected chi connectivity index (χ3v) is 7.76. The van der Waals surface area contributed by atoms with Crippen molar-refractivity contribution in [2.24, 2.45) is 11.8 Å². The summed E-state index contributed by atoms with van der Waals surface area (Å²) >= 11 is 0. The van der Waals surface area contributed by atoms with Gasteiger partial charge in [0.2, 0.25) is 0 Å². The minimum atomic E-state index is -0.384. The molecule has 32 heavy (non-hydrogen) atoms. The van der Waals surface area contributed by atoms with Crippen molar-refractivity contribution >= 4 is 0 Å². The van der Waals surface area contributed by atoms with Gasteiger partial charge in [-0.3, -0.25) is 0 Å². The Bertz CT molecular complexity index is 512. The Morgan fingerprint density at radius 2 is 1.28 bits per heavy atom. The summed E-state index contributed by atoms with van der Waals surface area (Å²) in [5, 5.41) is 13.9. The van der Waals surface area contributed by atoms with Crippen molar-refractivity contribution in [3.63, 3.8) is 0 Å². The Morgan fingerprint density at radius 3 is 1.72 bits per heavy atom. The third-order valence-electron chi connectivity index (χ3n) is 7.76. The van der Waals surface area contributed by atoms with E-state index in [0.29, 0.717) is 12.0 Å². The van der Waals surface area contributed by atoms with Crippen molar-refractivity contribution in [1.29, 1.82) is 0 Å². The predicted molar refractivity (Wildman–Crippen MR) is 130 cm³/mol. The highest BCUT2D eigenvalue weighted by Gasteiger charge is 2.47. The fraction of sp³-hybridized carbons (Fsp3) is 1.00. The van der Waals surface area contributed by atoms with Crippen LogP contribution < -0.4 is 0 Å². The highest BCUT2D eigenvalue weighted by molar-refractivity contribution is 4.97. The van der Waals surface area contributed by atoms with Crippen LogP contribution in [0.5, 0.6) is 0 Å². The van der Waals surface area contributed by atoms with Crippen molar-refractivity contribution in [3.8, 4) is 0 Å². The van der Waals surface area contributed by atoms with E-state index in [1.54, 1.807) is 0 Å². The molecule has 0 amide bonds. The molecule has 1 aliphatic carbocycles. The van der Waals surface area contributed by atoms with Crippen molar-refractivity contribution in [3.05, 3.63) is 0 Å². The summed E-state index contributed by atoms with van der Waals surface area (Å²) in [6.07, 6.45) is 10.5. The van der Waals surface area contributed by atoms with Crippen LogP contribution >= 0.6 is 0 Å². The molecule has 0 aromatic rings. The molecule has 3 unspecified atom stereocenters. The van der Waals surface area contributed by atoms with Crippen LogP contribution in [0, 0.1) is 11.8 Å². The lowest BCUT2D eigenvalue weighted by molar-refractivity contribution is -0.303. The van der Waals surface area contributed by atoms with Crippen molar-refractivity contribution in [1.82, 2.24) is 5.06 Å². The van der Waals surface area contributed by atoms with Crippen LogP contribution in [0.4, 0.5) is 0 Å². The van der Waals surface area contributed by atoms with Crippen molar-refractivity contribution in [2.45, 2.75) is 149 Å². The number of rotatable bonds is 12. The summed E-state index contributed by atoms with van der Waals surface area (Å²) in [6.45, 7) is 18.7. The van der Waals surface area contributed by atoms with Gasteiger partial charge in [-0.2, -0.15) is 0 Å². The van der Waals surface area contributed by atoms with Gasteiger partial charge in [0.1, 0.15) is 0 Å². The fourth-order valence-corrected chi connectivity index (χ4v) is 5.58. The minimum Gasteiger partial charge on any atom is -0.378 e. The highest BCUT2D eigenvalue weighted by atomic mass is 16.5. The van der Waals surface area contributed by atoms with E-state index < -0.39 is 0 Å². The van der Waals surface area contributed by atoms with Gasteiger partial charge in [0, 0.05) is 24.3 Å². The van der Waals surface area contributed by atoms with E-state index in [1.165, 1.54) is 30.7 Å². The summed E-state index contributed by atoms with van der Waals surface area (Å²) in [5.41, 5.74) is -0.767. The van der Waals surface area contributed by atoms with Crippen LogP contribution in [0.25, 0.3) is 0 Å². The second kappa shape index (κ2) is 12.5. The van der Waals surface area contributed by atoms with Crippen molar-refractivity contribution < 1.29 is 19.4 Å². The molecule has 5 nitrogen and oxygen atoms in total. The maximum Gasteiger partial charge on any atom is 0.0615 e. The molecule has 0 N–H and O–H groups in total. The van der Waals surface area contributed by atoms with E-state index in [0.717, 1.165) is 51.2 Å². The molecular formula is C27H52NO4. The van der Waals surface area contributed by atoms with Crippen LogP contribution in [0.15, 0.2) is 0 Å². The van der Waals surface area contributed by atoms with E-state index in [4.69, 9.17) is 14.2 Å². The quantitative estimate of drug-likeness (QED) is 0.335. The van der Waals surface area contributed by atoms with Crippen LogP contribution in [0.1, 0.15) is 113 Å². The van der Waals surface area contributed by atoms with E-state index >= 15 is 0 Å². The lowest BCUT2D eigenvalue weighted by atomic mass is 9.80. The molecule has 3 atom stereocenters. The molecule has 1 radical (unpaired) electrons. The summed E-state index contributed by atoms with van der Waals surface area (Å²) < 4.78 is 18.8. The zero-order chi connectivity index (χ0) is 23.9. The summed E-state index contributed by atoms with van der Waals surface area (Å²) in [5.74, 6) is 1.41. The lowest BCUT2D eigenvalue weighted by Gasteiger charge is -2.50. The number of ether oxygens (including phenoxy) is 3. The zero-order valence-electron chi connectivity index (χ0n) is 22.3. The molecule has 1 heterocycles. The Balaban J connectivity index is 1.70. The number of hydroxylamine groups is 2. The standard InChI is InChI=1S/C27H52NO4/c1-9-20(3)30-18-22-11-13-23(14-12-22)19-31-21(4)15-24(10-2)32-25-16-26(5,6)28(29)27(7,8)17-25/h20-25H,9-19H2,1-8H3. The van der Waals surface area contributed by atoms with Gasteiger partial charge < -0.3 is 14.2 Å². The van der Waals surface area contributed by atoms with Gasteiger partial charge in [0.25, 0.3) is 0 Å². The maximum atomic E-state index is 12.6. The first-order valence-electron chi connectivity index (χ1n) is 13.3. The summed E-state index contributed by atoms with van der Waals surface area (Å²) in [7, 11) is 0. The molecule has 1 saturated heterocycles. The van der Waals surface area contributed by atoms with Gasteiger partial charge in [-0.25, -0.2) is 0 Å². The van der Waals surface area contributed by atoms with E-state index in [2.05, 4.69) is 27.7 Å². The first-order chi connectivity index (χ1) is 15.0. The molecule has 0 aromatic carbocycles. The SMILES string of the molecule is CCC(C)OCC1CCC(COC(C)CC(CC)OC2CC(C)(C)N([O])C(C)(C)C2)CC1. The molecule has 5 heteroatoms. The fourth-order valence-electron chi connectivity index (χ4n) is 5.58. The Hall–Kier alpha value is -0.200. The smallest absolute Gasteiger partial charge is 0.0615 e. The average molecular weight is 455 g/mol. The Morgan fingerprint density at radius 1 is 0.812 bits per heavy atom. The molecule has 2 aliphatic rings. The molecule has 1 saturated carbocycles. The second-order valence-electron chi connectivity index (χ2n) is 11.9. The van der Waals surface area contributed by atoms with Gasteiger partial charge in [-0.15, -0.1) is 10.3 Å². The van der Waals surface area contributed by atoms with Gasteiger partial charge in [-0.1, -0.05) is 13.8 Å². The van der Waals surface area contributed by atoms with Crippen LogP contribution in [-0.2, 0) is 19.4 Å². The summed E-state index contributed by atoms with van der Waals surface area (Å²) in [6, 6.07) is 0. The number of piperidine rings is 1. The topological polar surface area (TPSA) is 50.8 Å². The Labute approximate surface area is 198 Å². The first kappa shape index (κ1) is 28.0. The minimum absolute atomic E-state index is 0.135. The largest absolute Gasteiger partial charge is 0.378 e. The van der Waals surface area contributed by atoms with Gasteiger partial charge >= 0.3 is 0 Å². The van der Waals surface area contributed by atoms with E-state index in [9.17, 15) is 5.21 Å². The molecule has 1 aliphatic heterocycles. The molecule has 189 valence electrons. The number of hydrogen-bond donors (Lipinski definition) is 0.